The number of carbonyl (C=O) groups excluding carboxylic acids is 1. The molecule has 0 aliphatic rings. The van der Waals surface area contributed by atoms with Gasteiger partial charge >= 0.3 is 12.2 Å². The molecule has 0 atom stereocenters. The Morgan fingerprint density at radius 3 is 2.38 bits per heavy atom. The van der Waals surface area contributed by atoms with Crippen molar-refractivity contribution in [3.63, 3.8) is 0 Å². The average Bonchev–Trinajstić information content (AvgIpc) is 3.23. The van der Waals surface area contributed by atoms with Gasteiger partial charge < -0.3 is 10.1 Å². The largest absolute Gasteiger partial charge is 0.463 e. The lowest BCUT2D eigenvalue weighted by atomic mass is 10.1. The van der Waals surface area contributed by atoms with E-state index in [1.165, 1.54) is 41.1 Å². The molecule has 4 rings (SSSR count). The van der Waals surface area contributed by atoms with E-state index < -0.39 is 23.5 Å². The van der Waals surface area contributed by atoms with Gasteiger partial charge in [-0.2, -0.15) is 18.2 Å². The standard InChI is InChI=1S/C24H18F4N4O2/c1-2-34-23-30-21(15-6-10-17(11-7-15)24(26,27)28)32(31-23)20-5-3-4-19(14-20)29-22(33)16-8-12-18(25)13-9-16/h3-14H,2H2,1H3,(H,29,33). The van der Waals surface area contributed by atoms with Crippen LogP contribution >= 0.6 is 0 Å². The van der Waals surface area contributed by atoms with Crippen LogP contribution in [0.2, 0.25) is 0 Å². The lowest BCUT2D eigenvalue weighted by molar-refractivity contribution is -0.137. The first kappa shape index (κ1) is 23.0. The van der Waals surface area contributed by atoms with Crippen molar-refractivity contribution in [3.05, 3.63) is 89.7 Å². The summed E-state index contributed by atoms with van der Waals surface area (Å²) >= 11 is 0. The number of rotatable bonds is 6. The summed E-state index contributed by atoms with van der Waals surface area (Å²) < 4.78 is 58.8. The Bertz CT molecular complexity index is 1300. The molecular weight excluding hydrogens is 452 g/mol. The van der Waals surface area contributed by atoms with Gasteiger partial charge in [-0.05, 0) is 61.5 Å². The molecule has 0 saturated heterocycles. The fourth-order valence-corrected chi connectivity index (χ4v) is 3.18. The molecule has 3 aromatic carbocycles. The second-order valence-electron chi connectivity index (χ2n) is 7.15. The quantitative estimate of drug-likeness (QED) is 0.365. The lowest BCUT2D eigenvalue weighted by Gasteiger charge is -2.10. The molecule has 174 valence electrons. The Balaban J connectivity index is 1.67. The first-order chi connectivity index (χ1) is 16.2. The van der Waals surface area contributed by atoms with E-state index >= 15 is 0 Å². The van der Waals surface area contributed by atoms with Crippen molar-refractivity contribution in [1.82, 2.24) is 14.8 Å². The SMILES string of the molecule is CCOc1nc(-c2ccc(C(F)(F)F)cc2)n(-c2cccc(NC(=O)c3ccc(F)cc3)c2)n1. The van der Waals surface area contributed by atoms with Gasteiger partial charge in [-0.25, -0.2) is 9.07 Å². The third-order valence-corrected chi connectivity index (χ3v) is 4.79. The van der Waals surface area contributed by atoms with Crippen LogP contribution in [0.1, 0.15) is 22.8 Å². The molecule has 0 spiro atoms. The minimum atomic E-state index is -4.46. The summed E-state index contributed by atoms with van der Waals surface area (Å²) in [7, 11) is 0. The van der Waals surface area contributed by atoms with E-state index in [2.05, 4.69) is 15.4 Å². The fourth-order valence-electron chi connectivity index (χ4n) is 3.18. The number of amides is 1. The van der Waals surface area contributed by atoms with Crippen molar-refractivity contribution < 1.29 is 27.1 Å². The van der Waals surface area contributed by atoms with Crippen LogP contribution in [0.3, 0.4) is 0 Å². The summed E-state index contributed by atoms with van der Waals surface area (Å²) in [5.74, 6) is -0.626. The average molecular weight is 470 g/mol. The summed E-state index contributed by atoms with van der Waals surface area (Å²) in [6, 6.07) is 16.4. The minimum Gasteiger partial charge on any atom is -0.463 e. The normalized spacial score (nSPS) is 11.3. The van der Waals surface area contributed by atoms with Crippen LogP contribution < -0.4 is 10.1 Å². The molecule has 1 N–H and O–H groups in total. The first-order valence-electron chi connectivity index (χ1n) is 10.2. The smallest absolute Gasteiger partial charge is 0.416 e. The Morgan fingerprint density at radius 1 is 1.03 bits per heavy atom. The molecular formula is C24H18F4N4O2. The van der Waals surface area contributed by atoms with Crippen LogP contribution in [0.5, 0.6) is 6.01 Å². The van der Waals surface area contributed by atoms with Crippen molar-refractivity contribution in [2.24, 2.45) is 0 Å². The van der Waals surface area contributed by atoms with Gasteiger partial charge in [0.25, 0.3) is 5.91 Å². The number of halogens is 4. The molecule has 1 heterocycles. The van der Waals surface area contributed by atoms with E-state index in [1.807, 2.05) is 0 Å². The summed E-state index contributed by atoms with van der Waals surface area (Å²) in [4.78, 5) is 16.8. The van der Waals surface area contributed by atoms with E-state index in [4.69, 9.17) is 4.74 Å². The molecule has 0 saturated carbocycles. The van der Waals surface area contributed by atoms with Gasteiger partial charge in [0.05, 0.1) is 17.9 Å². The third kappa shape index (κ3) is 5.06. The first-order valence-corrected chi connectivity index (χ1v) is 10.2. The molecule has 4 aromatic rings. The van der Waals surface area contributed by atoms with Crippen molar-refractivity contribution in [3.8, 4) is 23.1 Å². The number of hydrogen-bond donors (Lipinski definition) is 1. The Kier molecular flexibility index (Phi) is 6.31. The zero-order valence-corrected chi connectivity index (χ0v) is 17.8. The maximum atomic E-state index is 13.1. The van der Waals surface area contributed by atoms with Gasteiger partial charge in [-0.1, -0.05) is 18.2 Å². The second kappa shape index (κ2) is 9.34. The fraction of sp³-hybridized carbons (Fsp3) is 0.125. The molecule has 6 nitrogen and oxygen atoms in total. The van der Waals surface area contributed by atoms with Crippen LogP contribution in [-0.4, -0.2) is 27.3 Å². The van der Waals surface area contributed by atoms with Gasteiger partial charge in [0.2, 0.25) is 0 Å². The molecule has 1 aromatic heterocycles. The summed E-state index contributed by atoms with van der Waals surface area (Å²) in [6.07, 6.45) is -4.46. The summed E-state index contributed by atoms with van der Waals surface area (Å²) in [5.41, 5.74) is 0.811. The number of nitrogens with one attached hydrogen (secondary N) is 1. The monoisotopic (exact) mass is 470 g/mol. The second-order valence-corrected chi connectivity index (χ2v) is 7.15. The van der Waals surface area contributed by atoms with Crippen molar-refractivity contribution in [2.45, 2.75) is 13.1 Å². The number of alkyl halides is 3. The molecule has 0 radical (unpaired) electrons. The summed E-state index contributed by atoms with van der Waals surface area (Å²) in [6.45, 7) is 2.05. The van der Waals surface area contributed by atoms with Crippen LogP contribution in [0.25, 0.3) is 17.1 Å². The van der Waals surface area contributed by atoms with E-state index in [0.717, 1.165) is 12.1 Å². The topological polar surface area (TPSA) is 69.0 Å². The van der Waals surface area contributed by atoms with E-state index in [-0.39, 0.29) is 17.4 Å². The zero-order chi connectivity index (χ0) is 24.3. The number of carbonyl (C=O) groups is 1. The molecule has 0 aliphatic carbocycles. The van der Waals surface area contributed by atoms with Gasteiger partial charge in [0.15, 0.2) is 5.82 Å². The minimum absolute atomic E-state index is 0.0538. The van der Waals surface area contributed by atoms with Crippen molar-refractivity contribution >= 4 is 11.6 Å². The molecule has 1 amide bonds. The number of anilines is 1. The number of aromatic nitrogens is 3. The molecule has 0 fully saturated rings. The maximum Gasteiger partial charge on any atom is 0.416 e. The highest BCUT2D eigenvalue weighted by Crippen LogP contribution is 2.31. The van der Waals surface area contributed by atoms with Crippen molar-refractivity contribution in [2.75, 3.05) is 11.9 Å². The number of ether oxygens (including phenoxy) is 1. The van der Waals surface area contributed by atoms with Gasteiger partial charge in [-0.15, -0.1) is 5.10 Å². The highest BCUT2D eigenvalue weighted by molar-refractivity contribution is 6.04. The molecule has 0 bridgehead atoms. The molecule has 10 heteroatoms. The maximum absolute atomic E-state index is 13.1. The third-order valence-electron chi connectivity index (χ3n) is 4.79. The molecule has 34 heavy (non-hydrogen) atoms. The Morgan fingerprint density at radius 2 is 1.74 bits per heavy atom. The zero-order valence-electron chi connectivity index (χ0n) is 17.8. The van der Waals surface area contributed by atoms with Gasteiger partial charge in [0, 0.05) is 16.8 Å². The van der Waals surface area contributed by atoms with E-state index in [0.29, 0.717) is 23.5 Å². The van der Waals surface area contributed by atoms with Crippen LogP contribution in [0.4, 0.5) is 23.2 Å². The van der Waals surface area contributed by atoms with Gasteiger partial charge in [0.1, 0.15) is 5.82 Å². The number of benzene rings is 3. The van der Waals surface area contributed by atoms with Crippen LogP contribution in [0, 0.1) is 5.82 Å². The highest BCUT2D eigenvalue weighted by atomic mass is 19.4. The predicted octanol–water partition coefficient (Wildman–Crippen LogP) is 5.74. The Labute approximate surface area is 191 Å². The van der Waals surface area contributed by atoms with E-state index in [1.54, 1.807) is 31.2 Å². The predicted molar refractivity (Wildman–Crippen MR) is 117 cm³/mol. The Hall–Kier alpha value is -4.21. The van der Waals surface area contributed by atoms with Crippen molar-refractivity contribution in [1.29, 1.82) is 0 Å². The highest BCUT2D eigenvalue weighted by Gasteiger charge is 2.30. The van der Waals surface area contributed by atoms with Crippen LogP contribution in [0.15, 0.2) is 72.8 Å². The lowest BCUT2D eigenvalue weighted by Crippen LogP contribution is -2.12. The summed E-state index contributed by atoms with van der Waals surface area (Å²) in [5, 5.41) is 7.04. The number of nitrogens with zero attached hydrogens (tertiary/aromatic N) is 3. The van der Waals surface area contributed by atoms with Gasteiger partial charge in [-0.3, -0.25) is 4.79 Å². The molecule has 0 aliphatic heterocycles. The number of hydrogen-bond acceptors (Lipinski definition) is 4. The van der Waals surface area contributed by atoms with Crippen LogP contribution in [-0.2, 0) is 6.18 Å². The molecule has 0 unspecified atom stereocenters. The van der Waals surface area contributed by atoms with E-state index in [9.17, 15) is 22.4 Å².